The van der Waals surface area contributed by atoms with Gasteiger partial charge in [0, 0.05) is 31.9 Å². The molecule has 0 saturated carbocycles. The number of aromatic nitrogens is 2. The first kappa shape index (κ1) is 13.1. The highest BCUT2D eigenvalue weighted by atomic mass is 16.3. The average molecular weight is 260 g/mol. The van der Waals surface area contributed by atoms with Gasteiger partial charge in [-0.25, -0.2) is 4.98 Å². The summed E-state index contributed by atoms with van der Waals surface area (Å²) in [4.78, 5) is 19.7. The van der Waals surface area contributed by atoms with E-state index in [1.165, 1.54) is 0 Å². The molecule has 0 fully saturated rings. The van der Waals surface area contributed by atoms with E-state index in [2.05, 4.69) is 20.6 Å². The second kappa shape index (κ2) is 6.53. The van der Waals surface area contributed by atoms with E-state index in [0.717, 1.165) is 12.2 Å². The van der Waals surface area contributed by atoms with Crippen molar-refractivity contribution >= 4 is 11.7 Å². The van der Waals surface area contributed by atoms with Gasteiger partial charge in [-0.15, -0.1) is 0 Å². The molecule has 0 aliphatic rings. The topological polar surface area (TPSA) is 80.0 Å². The van der Waals surface area contributed by atoms with E-state index in [-0.39, 0.29) is 5.91 Å². The number of hydrogen-bond donors (Lipinski definition) is 2. The maximum atomic E-state index is 11.7. The van der Waals surface area contributed by atoms with Crippen molar-refractivity contribution < 1.29 is 9.21 Å². The Kier molecular flexibility index (Phi) is 4.49. The standard InChI is InChI=1S/C13H16N4O2/c1-2-10-3-4-11(19-10)13(18)17-8-7-16-12-9-14-5-6-15-12/h3-6,9H,2,7-8H2,1H3,(H,15,16)(H,17,18). The Morgan fingerprint density at radius 3 is 2.89 bits per heavy atom. The molecule has 0 aromatic carbocycles. The highest BCUT2D eigenvalue weighted by Gasteiger charge is 2.09. The zero-order chi connectivity index (χ0) is 13.5. The van der Waals surface area contributed by atoms with Crippen LogP contribution in [0.4, 0.5) is 5.82 Å². The third kappa shape index (κ3) is 3.80. The summed E-state index contributed by atoms with van der Waals surface area (Å²) in [6, 6.07) is 3.50. The number of rotatable bonds is 6. The number of carbonyl (C=O) groups is 1. The van der Waals surface area contributed by atoms with Gasteiger partial charge in [-0.05, 0) is 12.1 Å². The Labute approximate surface area is 111 Å². The minimum Gasteiger partial charge on any atom is -0.456 e. The van der Waals surface area contributed by atoms with Crippen LogP contribution in [-0.4, -0.2) is 29.0 Å². The van der Waals surface area contributed by atoms with Gasteiger partial charge < -0.3 is 15.1 Å². The molecule has 0 aliphatic heterocycles. The minimum absolute atomic E-state index is 0.208. The molecule has 0 bridgehead atoms. The summed E-state index contributed by atoms with van der Waals surface area (Å²) in [5.41, 5.74) is 0. The summed E-state index contributed by atoms with van der Waals surface area (Å²) in [6.45, 7) is 3.04. The molecule has 6 nitrogen and oxygen atoms in total. The van der Waals surface area contributed by atoms with Gasteiger partial charge in [0.15, 0.2) is 5.76 Å². The Bertz CT molecular complexity index is 524. The van der Waals surface area contributed by atoms with E-state index in [1.807, 2.05) is 13.0 Å². The van der Waals surface area contributed by atoms with Crippen LogP contribution >= 0.6 is 0 Å². The Morgan fingerprint density at radius 2 is 2.21 bits per heavy atom. The van der Waals surface area contributed by atoms with Crippen molar-refractivity contribution in [2.24, 2.45) is 0 Å². The lowest BCUT2D eigenvalue weighted by Crippen LogP contribution is -2.28. The van der Waals surface area contributed by atoms with Crippen LogP contribution in [0.2, 0.25) is 0 Å². The summed E-state index contributed by atoms with van der Waals surface area (Å²) in [5.74, 6) is 1.63. The van der Waals surface area contributed by atoms with Gasteiger partial charge >= 0.3 is 0 Å². The number of nitrogens with one attached hydrogen (secondary N) is 2. The fourth-order valence-corrected chi connectivity index (χ4v) is 1.53. The number of amides is 1. The first-order valence-corrected chi connectivity index (χ1v) is 6.16. The molecule has 2 heterocycles. The lowest BCUT2D eigenvalue weighted by Gasteiger charge is -2.05. The van der Waals surface area contributed by atoms with Crippen molar-refractivity contribution in [2.45, 2.75) is 13.3 Å². The maximum Gasteiger partial charge on any atom is 0.287 e. The predicted octanol–water partition coefficient (Wildman–Crippen LogP) is 1.47. The fourth-order valence-electron chi connectivity index (χ4n) is 1.53. The van der Waals surface area contributed by atoms with Gasteiger partial charge in [-0.2, -0.15) is 0 Å². The van der Waals surface area contributed by atoms with E-state index in [0.29, 0.717) is 24.7 Å². The highest BCUT2D eigenvalue weighted by molar-refractivity contribution is 5.91. The number of aryl methyl sites for hydroxylation is 1. The summed E-state index contributed by atoms with van der Waals surface area (Å²) >= 11 is 0. The quantitative estimate of drug-likeness (QED) is 0.769. The normalized spacial score (nSPS) is 10.2. The Balaban J connectivity index is 1.72. The fraction of sp³-hybridized carbons (Fsp3) is 0.308. The van der Waals surface area contributed by atoms with Crippen LogP contribution in [0.25, 0.3) is 0 Å². The van der Waals surface area contributed by atoms with Crippen LogP contribution in [-0.2, 0) is 6.42 Å². The van der Waals surface area contributed by atoms with Gasteiger partial charge in [-0.3, -0.25) is 9.78 Å². The summed E-state index contributed by atoms with van der Waals surface area (Å²) in [5, 5.41) is 5.81. The molecular weight excluding hydrogens is 244 g/mol. The highest BCUT2D eigenvalue weighted by Crippen LogP contribution is 2.07. The van der Waals surface area contributed by atoms with Crippen LogP contribution in [0.15, 0.2) is 35.1 Å². The molecule has 0 spiro atoms. The summed E-state index contributed by atoms with van der Waals surface area (Å²) in [6.07, 6.45) is 5.62. The van der Waals surface area contributed by atoms with Crippen molar-refractivity contribution in [3.63, 3.8) is 0 Å². The second-order valence-corrected chi connectivity index (χ2v) is 3.89. The molecule has 0 radical (unpaired) electrons. The molecule has 0 aliphatic carbocycles. The van der Waals surface area contributed by atoms with Crippen LogP contribution in [0.3, 0.4) is 0 Å². The van der Waals surface area contributed by atoms with Crippen LogP contribution in [0.1, 0.15) is 23.2 Å². The van der Waals surface area contributed by atoms with Gasteiger partial charge in [0.25, 0.3) is 5.91 Å². The SMILES string of the molecule is CCc1ccc(C(=O)NCCNc2cnccn2)o1. The molecule has 100 valence electrons. The van der Waals surface area contributed by atoms with E-state index in [9.17, 15) is 4.79 Å². The van der Waals surface area contributed by atoms with E-state index >= 15 is 0 Å². The molecule has 19 heavy (non-hydrogen) atoms. The largest absolute Gasteiger partial charge is 0.456 e. The molecule has 2 rings (SSSR count). The Morgan fingerprint density at radius 1 is 1.32 bits per heavy atom. The molecule has 2 N–H and O–H groups in total. The number of furan rings is 1. The van der Waals surface area contributed by atoms with Crippen molar-refractivity contribution in [2.75, 3.05) is 18.4 Å². The van der Waals surface area contributed by atoms with Crippen molar-refractivity contribution in [1.82, 2.24) is 15.3 Å². The zero-order valence-electron chi connectivity index (χ0n) is 10.7. The maximum absolute atomic E-state index is 11.7. The van der Waals surface area contributed by atoms with Crippen molar-refractivity contribution in [1.29, 1.82) is 0 Å². The second-order valence-electron chi connectivity index (χ2n) is 3.89. The zero-order valence-corrected chi connectivity index (χ0v) is 10.7. The van der Waals surface area contributed by atoms with E-state index in [4.69, 9.17) is 4.42 Å². The van der Waals surface area contributed by atoms with Crippen molar-refractivity contribution in [3.05, 3.63) is 42.2 Å². The van der Waals surface area contributed by atoms with Gasteiger partial charge in [-0.1, -0.05) is 6.92 Å². The summed E-state index contributed by atoms with van der Waals surface area (Å²) in [7, 11) is 0. The number of carbonyl (C=O) groups excluding carboxylic acids is 1. The molecule has 1 amide bonds. The lowest BCUT2D eigenvalue weighted by molar-refractivity contribution is 0.0926. The number of nitrogens with zero attached hydrogens (tertiary/aromatic N) is 2. The van der Waals surface area contributed by atoms with Crippen LogP contribution in [0, 0.1) is 0 Å². The van der Waals surface area contributed by atoms with E-state index in [1.54, 1.807) is 24.7 Å². The van der Waals surface area contributed by atoms with Crippen LogP contribution < -0.4 is 10.6 Å². The number of hydrogen-bond acceptors (Lipinski definition) is 5. The molecule has 0 unspecified atom stereocenters. The first-order chi connectivity index (χ1) is 9.29. The van der Waals surface area contributed by atoms with E-state index < -0.39 is 0 Å². The smallest absolute Gasteiger partial charge is 0.287 e. The lowest BCUT2D eigenvalue weighted by atomic mass is 10.3. The molecule has 2 aromatic rings. The third-order valence-corrected chi connectivity index (χ3v) is 2.51. The van der Waals surface area contributed by atoms with Gasteiger partial charge in [0.05, 0.1) is 6.20 Å². The molecule has 0 saturated heterocycles. The third-order valence-electron chi connectivity index (χ3n) is 2.51. The minimum atomic E-state index is -0.208. The first-order valence-electron chi connectivity index (χ1n) is 6.16. The molecule has 0 atom stereocenters. The van der Waals surface area contributed by atoms with Gasteiger partial charge in [0.1, 0.15) is 11.6 Å². The predicted molar refractivity (Wildman–Crippen MR) is 70.9 cm³/mol. The molecular formula is C13H16N4O2. The Hall–Kier alpha value is -2.37. The number of anilines is 1. The average Bonchev–Trinajstić information content (AvgIpc) is 2.93. The summed E-state index contributed by atoms with van der Waals surface area (Å²) < 4.78 is 5.36. The monoisotopic (exact) mass is 260 g/mol. The molecule has 2 aromatic heterocycles. The van der Waals surface area contributed by atoms with Gasteiger partial charge in [0.2, 0.25) is 0 Å². The van der Waals surface area contributed by atoms with Crippen LogP contribution in [0.5, 0.6) is 0 Å². The van der Waals surface area contributed by atoms with Crippen molar-refractivity contribution in [3.8, 4) is 0 Å². The molecule has 6 heteroatoms.